The van der Waals surface area contributed by atoms with Crippen molar-refractivity contribution in [2.75, 3.05) is 31.1 Å². The second kappa shape index (κ2) is 6.56. The SMILES string of the molecule is CC(C)CC(=O)N1CCN(c2cc(C(=O)O)ccn2)CC1. The summed E-state index contributed by atoms with van der Waals surface area (Å²) in [5, 5.41) is 9.01. The number of nitrogens with zero attached hydrogens (tertiary/aromatic N) is 3. The van der Waals surface area contributed by atoms with Gasteiger partial charge in [-0.15, -0.1) is 0 Å². The van der Waals surface area contributed by atoms with Crippen LogP contribution in [0.4, 0.5) is 5.82 Å². The first kappa shape index (κ1) is 15.3. The molecule has 1 aromatic rings. The van der Waals surface area contributed by atoms with Gasteiger partial charge in [0.05, 0.1) is 5.56 Å². The molecule has 1 saturated heterocycles. The monoisotopic (exact) mass is 291 g/mol. The van der Waals surface area contributed by atoms with Crippen molar-refractivity contribution < 1.29 is 14.7 Å². The number of carboxylic acids is 1. The highest BCUT2D eigenvalue weighted by Crippen LogP contribution is 2.16. The summed E-state index contributed by atoms with van der Waals surface area (Å²) in [5.41, 5.74) is 0.235. The predicted molar refractivity (Wildman–Crippen MR) is 79.4 cm³/mol. The number of carbonyl (C=O) groups excluding carboxylic acids is 1. The van der Waals surface area contributed by atoms with Crippen molar-refractivity contribution in [1.29, 1.82) is 0 Å². The number of anilines is 1. The Bertz CT molecular complexity index is 523. The number of rotatable bonds is 4. The summed E-state index contributed by atoms with van der Waals surface area (Å²) in [6, 6.07) is 3.06. The third kappa shape index (κ3) is 3.93. The molecule has 1 N–H and O–H groups in total. The quantitative estimate of drug-likeness (QED) is 0.909. The first-order valence-corrected chi connectivity index (χ1v) is 7.19. The van der Waals surface area contributed by atoms with E-state index in [1.807, 2.05) is 23.6 Å². The summed E-state index contributed by atoms with van der Waals surface area (Å²) >= 11 is 0. The van der Waals surface area contributed by atoms with Crippen molar-refractivity contribution in [3.05, 3.63) is 23.9 Å². The van der Waals surface area contributed by atoms with Gasteiger partial charge in [0.1, 0.15) is 5.82 Å². The fourth-order valence-electron chi connectivity index (χ4n) is 2.39. The molecule has 0 atom stereocenters. The normalized spacial score (nSPS) is 15.4. The van der Waals surface area contributed by atoms with E-state index >= 15 is 0 Å². The van der Waals surface area contributed by atoms with Gasteiger partial charge in [-0.05, 0) is 18.1 Å². The Labute approximate surface area is 124 Å². The van der Waals surface area contributed by atoms with Crippen molar-refractivity contribution in [2.24, 2.45) is 5.92 Å². The molecule has 0 bridgehead atoms. The van der Waals surface area contributed by atoms with Crippen molar-refractivity contribution in [3.8, 4) is 0 Å². The van der Waals surface area contributed by atoms with E-state index in [1.54, 1.807) is 6.07 Å². The molecule has 2 heterocycles. The smallest absolute Gasteiger partial charge is 0.335 e. The Hall–Kier alpha value is -2.11. The van der Waals surface area contributed by atoms with Gasteiger partial charge in [0.25, 0.3) is 0 Å². The number of amides is 1. The topological polar surface area (TPSA) is 73.7 Å². The Balaban J connectivity index is 1.96. The molecular formula is C15H21N3O3. The molecule has 21 heavy (non-hydrogen) atoms. The Morgan fingerprint density at radius 2 is 1.95 bits per heavy atom. The highest BCUT2D eigenvalue weighted by molar-refractivity contribution is 5.88. The standard InChI is InChI=1S/C15H21N3O3/c1-11(2)9-14(19)18-7-5-17(6-8-18)13-10-12(15(20)21)3-4-16-13/h3-4,10-11H,5-9H2,1-2H3,(H,20,21). The molecule has 2 rings (SSSR count). The van der Waals surface area contributed by atoms with Crippen molar-refractivity contribution in [1.82, 2.24) is 9.88 Å². The fraction of sp³-hybridized carbons (Fsp3) is 0.533. The second-order valence-corrected chi connectivity index (χ2v) is 5.67. The van der Waals surface area contributed by atoms with Gasteiger partial charge in [0.2, 0.25) is 5.91 Å². The highest BCUT2D eigenvalue weighted by atomic mass is 16.4. The Kier molecular flexibility index (Phi) is 4.77. The maximum absolute atomic E-state index is 12.0. The van der Waals surface area contributed by atoms with Crippen molar-refractivity contribution >= 4 is 17.7 Å². The molecule has 1 amide bonds. The molecule has 0 spiro atoms. The minimum atomic E-state index is -0.954. The van der Waals surface area contributed by atoms with Crippen LogP contribution in [0.5, 0.6) is 0 Å². The van der Waals surface area contributed by atoms with Gasteiger partial charge >= 0.3 is 5.97 Å². The molecule has 1 aliphatic heterocycles. The van der Waals surface area contributed by atoms with Crippen LogP contribution >= 0.6 is 0 Å². The average molecular weight is 291 g/mol. The molecule has 0 aliphatic carbocycles. The molecule has 0 saturated carbocycles. The summed E-state index contributed by atoms with van der Waals surface area (Å²) in [5.74, 6) is 0.261. The zero-order valence-corrected chi connectivity index (χ0v) is 12.5. The predicted octanol–water partition coefficient (Wildman–Crippen LogP) is 1.47. The Morgan fingerprint density at radius 3 is 2.52 bits per heavy atom. The van der Waals surface area contributed by atoms with Crippen LogP contribution in [0.15, 0.2) is 18.3 Å². The van der Waals surface area contributed by atoms with Crippen LogP contribution in [0, 0.1) is 5.92 Å². The van der Waals surface area contributed by atoms with Gasteiger partial charge in [-0.3, -0.25) is 4.79 Å². The summed E-state index contributed by atoms with van der Waals surface area (Å²) in [6.45, 7) is 6.75. The van der Waals surface area contributed by atoms with Gasteiger partial charge in [-0.2, -0.15) is 0 Å². The lowest BCUT2D eigenvalue weighted by molar-refractivity contribution is -0.132. The largest absolute Gasteiger partial charge is 0.478 e. The Morgan fingerprint density at radius 1 is 1.29 bits per heavy atom. The van der Waals surface area contributed by atoms with E-state index in [1.165, 1.54) is 12.3 Å². The average Bonchev–Trinajstić information content (AvgIpc) is 2.47. The van der Waals surface area contributed by atoms with Crippen LogP contribution in [0.25, 0.3) is 0 Å². The summed E-state index contributed by atoms with van der Waals surface area (Å²) in [4.78, 5) is 31.1. The highest BCUT2D eigenvalue weighted by Gasteiger charge is 2.22. The van der Waals surface area contributed by atoms with E-state index in [4.69, 9.17) is 5.11 Å². The summed E-state index contributed by atoms with van der Waals surface area (Å²) < 4.78 is 0. The maximum Gasteiger partial charge on any atom is 0.335 e. The molecule has 6 heteroatoms. The summed E-state index contributed by atoms with van der Waals surface area (Å²) in [7, 11) is 0. The molecule has 1 fully saturated rings. The van der Waals surface area contributed by atoms with Crippen LogP contribution < -0.4 is 4.90 Å². The minimum Gasteiger partial charge on any atom is -0.478 e. The van der Waals surface area contributed by atoms with Gasteiger partial charge < -0.3 is 14.9 Å². The molecular weight excluding hydrogens is 270 g/mol. The maximum atomic E-state index is 12.0. The lowest BCUT2D eigenvalue weighted by atomic mass is 10.1. The molecule has 114 valence electrons. The lowest BCUT2D eigenvalue weighted by Crippen LogP contribution is -2.49. The minimum absolute atomic E-state index is 0.192. The van der Waals surface area contributed by atoms with Crippen LogP contribution in [0.3, 0.4) is 0 Å². The van der Waals surface area contributed by atoms with E-state index < -0.39 is 5.97 Å². The van der Waals surface area contributed by atoms with E-state index in [-0.39, 0.29) is 11.5 Å². The van der Waals surface area contributed by atoms with Crippen LogP contribution in [-0.4, -0.2) is 53.0 Å². The van der Waals surface area contributed by atoms with E-state index in [2.05, 4.69) is 4.98 Å². The third-order valence-electron chi connectivity index (χ3n) is 3.53. The molecule has 0 radical (unpaired) electrons. The number of pyridine rings is 1. The van der Waals surface area contributed by atoms with Crippen molar-refractivity contribution in [3.63, 3.8) is 0 Å². The lowest BCUT2D eigenvalue weighted by Gasteiger charge is -2.35. The number of aromatic carboxylic acids is 1. The van der Waals surface area contributed by atoms with E-state index in [0.29, 0.717) is 44.3 Å². The van der Waals surface area contributed by atoms with Gasteiger partial charge in [-0.1, -0.05) is 13.8 Å². The van der Waals surface area contributed by atoms with Crippen molar-refractivity contribution in [2.45, 2.75) is 20.3 Å². The van der Waals surface area contributed by atoms with Gasteiger partial charge in [0.15, 0.2) is 0 Å². The fourth-order valence-corrected chi connectivity index (χ4v) is 2.39. The van der Waals surface area contributed by atoms with Crippen LogP contribution in [-0.2, 0) is 4.79 Å². The van der Waals surface area contributed by atoms with Crippen LogP contribution in [0.2, 0.25) is 0 Å². The molecule has 1 aliphatic rings. The number of hydrogen-bond donors (Lipinski definition) is 1. The first-order valence-electron chi connectivity index (χ1n) is 7.19. The number of carbonyl (C=O) groups is 2. The zero-order valence-electron chi connectivity index (χ0n) is 12.5. The van der Waals surface area contributed by atoms with E-state index in [9.17, 15) is 9.59 Å². The first-order chi connectivity index (χ1) is 9.97. The molecule has 0 aromatic carbocycles. The third-order valence-corrected chi connectivity index (χ3v) is 3.53. The van der Waals surface area contributed by atoms with E-state index in [0.717, 1.165) is 0 Å². The molecule has 1 aromatic heterocycles. The van der Waals surface area contributed by atoms with Gasteiger partial charge in [-0.25, -0.2) is 9.78 Å². The molecule has 0 unspecified atom stereocenters. The van der Waals surface area contributed by atoms with Crippen LogP contribution in [0.1, 0.15) is 30.6 Å². The number of piperazine rings is 1. The zero-order chi connectivity index (χ0) is 15.4. The van der Waals surface area contributed by atoms with Gasteiger partial charge in [0, 0.05) is 38.8 Å². The second-order valence-electron chi connectivity index (χ2n) is 5.67. The number of hydrogen-bond acceptors (Lipinski definition) is 4. The molecule has 6 nitrogen and oxygen atoms in total. The summed E-state index contributed by atoms with van der Waals surface area (Å²) in [6.07, 6.45) is 2.09. The number of carboxylic acid groups (broad SMARTS) is 1. The number of aromatic nitrogens is 1.